The zero-order valence-electron chi connectivity index (χ0n) is 17.5. The number of benzene rings is 3. The minimum absolute atomic E-state index is 0.181. The van der Waals surface area contributed by atoms with Gasteiger partial charge in [0.25, 0.3) is 0 Å². The van der Waals surface area contributed by atoms with Gasteiger partial charge in [-0.1, -0.05) is 36.4 Å². The Bertz CT molecular complexity index is 1660. The van der Waals surface area contributed by atoms with Gasteiger partial charge in [0.05, 0.1) is 21.9 Å². The maximum absolute atomic E-state index is 13.1. The number of Topliss-reactive ketones (excluding diaryl/α,β-unsaturated/α-hetero) is 2. The molecule has 0 unspecified atom stereocenters. The molecule has 0 radical (unpaired) electrons. The Morgan fingerprint density at radius 3 is 2.15 bits per heavy atom. The highest BCUT2D eigenvalue weighted by Gasteiger charge is 2.33. The molecule has 2 aromatic heterocycles. The van der Waals surface area contributed by atoms with Crippen LogP contribution >= 0.6 is 11.3 Å². The van der Waals surface area contributed by atoms with Gasteiger partial charge in [0, 0.05) is 29.4 Å². The summed E-state index contributed by atoms with van der Waals surface area (Å²) in [6, 6.07) is 22.7. The lowest BCUT2D eigenvalue weighted by Gasteiger charge is -2.00. The predicted octanol–water partition coefficient (Wildman–Crippen LogP) is 5.79. The summed E-state index contributed by atoms with van der Waals surface area (Å²) in [5.74, 6) is -0.479. The van der Waals surface area contributed by atoms with Crippen LogP contribution < -0.4 is 0 Å². The minimum atomic E-state index is -0.239. The van der Waals surface area contributed by atoms with Gasteiger partial charge in [0.1, 0.15) is 5.01 Å². The van der Waals surface area contributed by atoms with Crippen molar-refractivity contribution in [2.75, 3.05) is 0 Å². The van der Waals surface area contributed by atoms with Gasteiger partial charge >= 0.3 is 0 Å². The summed E-state index contributed by atoms with van der Waals surface area (Å²) in [5, 5.41) is 11.7. The highest BCUT2D eigenvalue weighted by atomic mass is 32.1. The number of thiazole rings is 1. The van der Waals surface area contributed by atoms with E-state index in [1.807, 2.05) is 54.1 Å². The van der Waals surface area contributed by atoms with E-state index in [9.17, 15) is 9.59 Å². The van der Waals surface area contributed by atoms with E-state index in [0.717, 1.165) is 37.4 Å². The lowest BCUT2D eigenvalue weighted by Crippen LogP contribution is -2.02. The maximum atomic E-state index is 13.1. The second-order valence-corrected chi connectivity index (χ2v) is 9.02. The minimum Gasteiger partial charge on any atom is -0.328 e. The van der Waals surface area contributed by atoms with Crippen molar-refractivity contribution in [3.8, 4) is 16.6 Å². The van der Waals surface area contributed by atoms with Crippen molar-refractivity contribution in [1.82, 2.24) is 9.55 Å². The number of nitriles is 1. The molecule has 0 atom stereocenters. The van der Waals surface area contributed by atoms with E-state index in [2.05, 4.69) is 6.07 Å². The zero-order chi connectivity index (χ0) is 22.7. The lowest BCUT2D eigenvalue weighted by molar-refractivity contribution is 0.0990. The molecule has 156 valence electrons. The van der Waals surface area contributed by atoms with Crippen LogP contribution in [0, 0.1) is 11.3 Å². The molecule has 0 amide bonds. The summed E-state index contributed by atoms with van der Waals surface area (Å²) in [4.78, 5) is 30.9. The van der Waals surface area contributed by atoms with Crippen LogP contribution in [-0.2, 0) is 7.05 Å². The first-order valence-electron chi connectivity index (χ1n) is 10.3. The fourth-order valence-electron chi connectivity index (χ4n) is 4.25. The molecule has 0 spiro atoms. The van der Waals surface area contributed by atoms with Crippen molar-refractivity contribution in [2.24, 2.45) is 7.05 Å². The number of aryl methyl sites for hydroxylation is 1. The van der Waals surface area contributed by atoms with Gasteiger partial charge in [-0.2, -0.15) is 5.26 Å². The average molecular weight is 446 g/mol. The van der Waals surface area contributed by atoms with Crippen molar-refractivity contribution in [3.63, 3.8) is 0 Å². The molecule has 0 saturated heterocycles. The molecular weight excluding hydrogens is 430 g/mol. The topological polar surface area (TPSA) is 75.8 Å². The van der Waals surface area contributed by atoms with Crippen LogP contribution in [0.4, 0.5) is 0 Å². The monoisotopic (exact) mass is 445 g/mol. The van der Waals surface area contributed by atoms with Crippen molar-refractivity contribution in [2.45, 2.75) is 0 Å². The molecule has 0 N–H and O–H groups in total. The van der Waals surface area contributed by atoms with Crippen LogP contribution in [0.3, 0.4) is 0 Å². The molecule has 0 bridgehead atoms. The van der Waals surface area contributed by atoms with Gasteiger partial charge in [-0.05, 0) is 47.2 Å². The third-order valence-corrected chi connectivity index (χ3v) is 7.08. The molecule has 6 heteroatoms. The van der Waals surface area contributed by atoms with Crippen LogP contribution in [0.2, 0.25) is 0 Å². The summed E-state index contributed by atoms with van der Waals surface area (Å²) < 4.78 is 2.86. The Morgan fingerprint density at radius 2 is 1.58 bits per heavy atom. The molecule has 1 aliphatic rings. The fraction of sp³-hybridized carbons (Fsp3) is 0.0370. The number of nitrogens with zero attached hydrogens (tertiary/aromatic N) is 3. The number of rotatable bonds is 2. The summed E-state index contributed by atoms with van der Waals surface area (Å²) in [6.45, 7) is 0. The first-order valence-corrected chi connectivity index (χ1v) is 11.2. The van der Waals surface area contributed by atoms with Gasteiger partial charge < -0.3 is 4.57 Å². The SMILES string of the molecule is Cn1c(C=C2C(=O)c3cc4ccccc4cc3C2=O)cc2sc(-c3ccc(C#N)cc3)nc21. The quantitative estimate of drug-likeness (QED) is 0.255. The van der Waals surface area contributed by atoms with Crippen LogP contribution in [-0.4, -0.2) is 21.1 Å². The number of fused-ring (bicyclic) bond motifs is 3. The van der Waals surface area contributed by atoms with E-state index in [0.29, 0.717) is 16.7 Å². The van der Waals surface area contributed by atoms with Crippen LogP contribution in [0.15, 0.2) is 72.3 Å². The molecule has 2 heterocycles. The highest BCUT2D eigenvalue weighted by molar-refractivity contribution is 7.21. The average Bonchev–Trinajstić information content (AvgIpc) is 3.46. The third kappa shape index (κ3) is 2.94. The predicted molar refractivity (Wildman–Crippen MR) is 129 cm³/mol. The van der Waals surface area contributed by atoms with E-state index in [1.54, 1.807) is 30.3 Å². The first kappa shape index (κ1) is 19.4. The van der Waals surface area contributed by atoms with E-state index >= 15 is 0 Å². The normalized spacial score (nSPS) is 13.0. The van der Waals surface area contributed by atoms with Gasteiger partial charge in [0.2, 0.25) is 0 Å². The standard InChI is InChI=1S/C27H15N3O2S/c1-30-19(13-23-26(30)29-27(33-23)16-8-6-15(14-28)7-9-16)12-22-24(31)20-10-17-4-2-3-5-18(17)11-21(20)25(22)32/h2-13H,1H3. The number of aromatic nitrogens is 2. The summed E-state index contributed by atoms with van der Waals surface area (Å²) in [6.07, 6.45) is 1.67. The third-order valence-electron chi connectivity index (χ3n) is 6.04. The smallest absolute Gasteiger partial charge is 0.197 e. The van der Waals surface area contributed by atoms with E-state index in [4.69, 9.17) is 10.2 Å². The van der Waals surface area contributed by atoms with Gasteiger partial charge in [-0.3, -0.25) is 9.59 Å². The van der Waals surface area contributed by atoms with Crippen LogP contribution in [0.5, 0.6) is 0 Å². The molecule has 0 aliphatic heterocycles. The Hall–Kier alpha value is -4.34. The number of ketones is 2. The van der Waals surface area contributed by atoms with Crippen LogP contribution in [0.25, 0.3) is 37.8 Å². The number of carbonyl (C=O) groups is 2. The second-order valence-electron chi connectivity index (χ2n) is 7.99. The molecule has 5 aromatic rings. The van der Waals surface area contributed by atoms with Gasteiger partial charge in [-0.25, -0.2) is 4.98 Å². The Labute approximate surface area is 192 Å². The summed E-state index contributed by atoms with van der Waals surface area (Å²) >= 11 is 1.53. The van der Waals surface area contributed by atoms with Crippen molar-refractivity contribution in [1.29, 1.82) is 5.26 Å². The molecule has 0 fully saturated rings. The molecule has 0 saturated carbocycles. The molecular formula is C27H15N3O2S. The van der Waals surface area contributed by atoms with Crippen molar-refractivity contribution >= 4 is 50.1 Å². The molecule has 1 aliphatic carbocycles. The van der Waals surface area contributed by atoms with E-state index < -0.39 is 0 Å². The second kappa shape index (κ2) is 7.09. The van der Waals surface area contributed by atoms with Crippen LogP contribution in [0.1, 0.15) is 32.0 Å². The fourth-order valence-corrected chi connectivity index (χ4v) is 5.30. The number of allylic oxidation sites excluding steroid dienone is 1. The van der Waals surface area contributed by atoms with Gasteiger partial charge in [0.15, 0.2) is 17.2 Å². The summed E-state index contributed by atoms with van der Waals surface area (Å²) in [7, 11) is 1.88. The molecule has 6 rings (SSSR count). The summed E-state index contributed by atoms with van der Waals surface area (Å²) in [5.41, 5.74) is 4.19. The van der Waals surface area contributed by atoms with Gasteiger partial charge in [-0.15, -0.1) is 11.3 Å². The lowest BCUT2D eigenvalue weighted by atomic mass is 10.0. The Kier molecular flexibility index (Phi) is 4.16. The number of carbonyl (C=O) groups excluding carboxylic acids is 2. The maximum Gasteiger partial charge on any atom is 0.197 e. The molecule has 3 aromatic carbocycles. The van der Waals surface area contributed by atoms with E-state index in [1.165, 1.54) is 11.3 Å². The Balaban J connectivity index is 1.40. The number of hydrogen-bond acceptors (Lipinski definition) is 5. The number of hydrogen-bond donors (Lipinski definition) is 0. The molecule has 33 heavy (non-hydrogen) atoms. The highest BCUT2D eigenvalue weighted by Crippen LogP contribution is 2.35. The van der Waals surface area contributed by atoms with Crippen molar-refractivity contribution in [3.05, 3.63) is 94.7 Å². The van der Waals surface area contributed by atoms with Crippen molar-refractivity contribution < 1.29 is 9.59 Å². The largest absolute Gasteiger partial charge is 0.328 e. The Morgan fingerprint density at radius 1 is 0.939 bits per heavy atom. The zero-order valence-corrected chi connectivity index (χ0v) is 18.3. The first-order chi connectivity index (χ1) is 16.0. The van der Waals surface area contributed by atoms with E-state index in [-0.39, 0.29) is 17.1 Å². The molecule has 5 nitrogen and oxygen atoms in total.